The van der Waals surface area contributed by atoms with E-state index in [2.05, 4.69) is 20.7 Å². The Labute approximate surface area is 132 Å². The average Bonchev–Trinajstić information content (AvgIpc) is 2.97. The highest BCUT2D eigenvalue weighted by Gasteiger charge is 2.19. The first-order valence-electron chi connectivity index (χ1n) is 6.92. The lowest BCUT2D eigenvalue weighted by Crippen LogP contribution is -2.18. The molecule has 0 atom stereocenters. The summed E-state index contributed by atoms with van der Waals surface area (Å²) < 4.78 is 0. The molecule has 0 unspecified atom stereocenters. The molecule has 0 bridgehead atoms. The number of amides is 1. The number of nitrogens with one attached hydrogen (secondary N) is 2. The van der Waals surface area contributed by atoms with Gasteiger partial charge in [0, 0.05) is 17.2 Å². The van der Waals surface area contributed by atoms with Crippen LogP contribution in [0, 0.1) is 10.1 Å². The summed E-state index contributed by atoms with van der Waals surface area (Å²) in [6.07, 6.45) is 1.23. The van der Waals surface area contributed by atoms with Crippen LogP contribution in [-0.4, -0.2) is 27.2 Å². The third-order valence-corrected chi connectivity index (χ3v) is 3.12. The van der Waals surface area contributed by atoms with Gasteiger partial charge in [-0.05, 0) is 12.1 Å². The average molecular weight is 315 g/mol. The summed E-state index contributed by atoms with van der Waals surface area (Å²) in [5.74, 6) is -0.494. The molecule has 23 heavy (non-hydrogen) atoms. The number of aromatic nitrogens is 2. The summed E-state index contributed by atoms with van der Waals surface area (Å²) in [7, 11) is 0. The van der Waals surface area contributed by atoms with Crippen molar-refractivity contribution in [3.63, 3.8) is 0 Å². The molecule has 0 aliphatic heterocycles. The van der Waals surface area contributed by atoms with Gasteiger partial charge in [-0.15, -0.1) is 0 Å². The maximum absolute atomic E-state index is 12.0. The van der Waals surface area contributed by atoms with Crippen molar-refractivity contribution < 1.29 is 9.72 Å². The van der Waals surface area contributed by atoms with E-state index >= 15 is 0 Å². The van der Waals surface area contributed by atoms with Gasteiger partial charge in [0.2, 0.25) is 0 Å². The predicted molar refractivity (Wildman–Crippen MR) is 85.4 cm³/mol. The lowest BCUT2D eigenvalue weighted by atomic mass is 9.92. The van der Waals surface area contributed by atoms with E-state index in [9.17, 15) is 14.9 Å². The van der Waals surface area contributed by atoms with Gasteiger partial charge in [-0.25, -0.2) is 5.43 Å². The summed E-state index contributed by atoms with van der Waals surface area (Å²) in [6.45, 7) is 5.98. The van der Waals surface area contributed by atoms with Crippen molar-refractivity contribution in [1.82, 2.24) is 15.6 Å². The Balaban J connectivity index is 2.08. The molecule has 0 aliphatic carbocycles. The lowest BCUT2D eigenvalue weighted by Gasteiger charge is -2.14. The molecule has 8 heteroatoms. The Morgan fingerprint density at radius 3 is 2.70 bits per heavy atom. The Morgan fingerprint density at radius 1 is 1.39 bits per heavy atom. The molecule has 0 spiro atoms. The van der Waals surface area contributed by atoms with E-state index in [0.29, 0.717) is 5.56 Å². The topological polar surface area (TPSA) is 113 Å². The second kappa shape index (κ2) is 6.39. The van der Waals surface area contributed by atoms with E-state index in [1.54, 1.807) is 24.3 Å². The van der Waals surface area contributed by atoms with E-state index in [0.717, 1.165) is 5.69 Å². The fourth-order valence-electron chi connectivity index (χ4n) is 1.80. The molecule has 1 amide bonds. The number of para-hydroxylation sites is 1. The van der Waals surface area contributed by atoms with Crippen LogP contribution in [0.3, 0.4) is 0 Å². The number of H-pyrrole nitrogens is 1. The maximum Gasteiger partial charge on any atom is 0.291 e. The van der Waals surface area contributed by atoms with Crippen LogP contribution in [0.5, 0.6) is 0 Å². The van der Waals surface area contributed by atoms with Crippen LogP contribution in [0.25, 0.3) is 0 Å². The molecule has 0 aliphatic rings. The van der Waals surface area contributed by atoms with E-state index in [1.165, 1.54) is 12.3 Å². The number of nitrogens with zero attached hydrogens (tertiary/aromatic N) is 3. The number of benzene rings is 1. The first kappa shape index (κ1) is 16.3. The van der Waals surface area contributed by atoms with Gasteiger partial charge in [0.05, 0.1) is 16.7 Å². The fourth-order valence-corrected chi connectivity index (χ4v) is 1.80. The molecule has 2 N–H and O–H groups in total. The van der Waals surface area contributed by atoms with Gasteiger partial charge in [0.25, 0.3) is 11.6 Å². The zero-order chi connectivity index (χ0) is 17.0. The van der Waals surface area contributed by atoms with Crippen LogP contribution in [0.1, 0.15) is 42.5 Å². The molecule has 2 aromatic rings. The van der Waals surface area contributed by atoms with Gasteiger partial charge in [0.15, 0.2) is 5.69 Å². The SMILES string of the molecule is CC(C)(C)c1cc(C(=O)N/N=C/c2ccccc2[N+](=O)[O-])n[nH]1. The van der Waals surface area contributed by atoms with Crippen molar-refractivity contribution >= 4 is 17.8 Å². The fraction of sp³-hybridized carbons (Fsp3) is 0.267. The first-order valence-corrected chi connectivity index (χ1v) is 6.92. The molecular formula is C15H17N5O3. The number of carbonyl (C=O) groups is 1. The molecule has 120 valence electrons. The zero-order valence-corrected chi connectivity index (χ0v) is 13.0. The molecule has 0 saturated carbocycles. The summed E-state index contributed by atoms with van der Waals surface area (Å²) in [6, 6.07) is 7.77. The number of nitro benzene ring substituents is 1. The molecule has 2 rings (SSSR count). The van der Waals surface area contributed by atoms with Crippen LogP contribution < -0.4 is 5.43 Å². The molecule has 0 saturated heterocycles. The molecular weight excluding hydrogens is 298 g/mol. The Bertz CT molecular complexity index is 758. The van der Waals surface area contributed by atoms with Crippen molar-refractivity contribution in [3.8, 4) is 0 Å². The van der Waals surface area contributed by atoms with Crippen LogP contribution in [-0.2, 0) is 5.41 Å². The van der Waals surface area contributed by atoms with Crippen LogP contribution in [0.2, 0.25) is 0 Å². The zero-order valence-electron chi connectivity index (χ0n) is 13.0. The second-order valence-electron chi connectivity index (χ2n) is 5.93. The van der Waals surface area contributed by atoms with Crippen LogP contribution in [0.15, 0.2) is 35.4 Å². The lowest BCUT2D eigenvalue weighted by molar-refractivity contribution is -0.385. The van der Waals surface area contributed by atoms with Crippen LogP contribution in [0.4, 0.5) is 5.69 Å². The van der Waals surface area contributed by atoms with Crippen molar-refractivity contribution in [3.05, 3.63) is 57.4 Å². The largest absolute Gasteiger partial charge is 0.291 e. The van der Waals surface area contributed by atoms with Gasteiger partial charge >= 0.3 is 0 Å². The smallest absolute Gasteiger partial charge is 0.281 e. The molecule has 0 radical (unpaired) electrons. The molecule has 1 aromatic heterocycles. The van der Waals surface area contributed by atoms with Crippen molar-refractivity contribution in [2.75, 3.05) is 0 Å². The van der Waals surface area contributed by atoms with Crippen LogP contribution >= 0.6 is 0 Å². The van der Waals surface area contributed by atoms with Crippen molar-refractivity contribution in [2.24, 2.45) is 5.10 Å². The van der Waals surface area contributed by atoms with Gasteiger partial charge in [-0.1, -0.05) is 32.9 Å². The predicted octanol–water partition coefficient (Wildman–Crippen LogP) is 2.38. The van der Waals surface area contributed by atoms with Gasteiger partial charge in [-0.3, -0.25) is 20.0 Å². The molecule has 1 aromatic carbocycles. The van der Waals surface area contributed by atoms with Crippen molar-refractivity contribution in [2.45, 2.75) is 26.2 Å². The van der Waals surface area contributed by atoms with E-state index in [4.69, 9.17) is 0 Å². The second-order valence-corrected chi connectivity index (χ2v) is 5.93. The van der Waals surface area contributed by atoms with Gasteiger partial charge in [0.1, 0.15) is 0 Å². The third-order valence-electron chi connectivity index (χ3n) is 3.12. The Hall–Kier alpha value is -3.03. The highest BCUT2D eigenvalue weighted by atomic mass is 16.6. The highest BCUT2D eigenvalue weighted by molar-refractivity contribution is 5.93. The normalized spacial score (nSPS) is 11.6. The highest BCUT2D eigenvalue weighted by Crippen LogP contribution is 2.20. The summed E-state index contributed by atoms with van der Waals surface area (Å²) in [5, 5.41) is 21.4. The summed E-state index contributed by atoms with van der Waals surface area (Å²) >= 11 is 0. The van der Waals surface area contributed by atoms with Crippen molar-refractivity contribution in [1.29, 1.82) is 0 Å². The quantitative estimate of drug-likeness (QED) is 0.512. The van der Waals surface area contributed by atoms with Gasteiger partial charge < -0.3 is 0 Å². The van der Waals surface area contributed by atoms with E-state index < -0.39 is 10.8 Å². The monoisotopic (exact) mass is 315 g/mol. The number of hydrazone groups is 1. The molecule has 8 nitrogen and oxygen atoms in total. The summed E-state index contributed by atoms with van der Waals surface area (Å²) in [4.78, 5) is 22.3. The Morgan fingerprint density at radius 2 is 2.09 bits per heavy atom. The van der Waals surface area contributed by atoms with Gasteiger partial charge in [-0.2, -0.15) is 10.2 Å². The number of hydrogen-bond acceptors (Lipinski definition) is 5. The standard InChI is InChI=1S/C15H17N5O3/c1-15(2,3)13-8-11(17-18-13)14(21)19-16-9-10-6-4-5-7-12(10)20(22)23/h4-9H,1-3H3,(H,17,18)(H,19,21)/b16-9+. The number of aromatic amines is 1. The minimum absolute atomic E-state index is 0.0831. The number of rotatable bonds is 4. The minimum Gasteiger partial charge on any atom is -0.281 e. The Kier molecular flexibility index (Phi) is 4.54. The molecule has 0 fully saturated rings. The van der Waals surface area contributed by atoms with E-state index in [1.807, 2.05) is 20.8 Å². The molecule has 1 heterocycles. The number of hydrogen-bond donors (Lipinski definition) is 2. The third kappa shape index (κ3) is 4.00. The summed E-state index contributed by atoms with van der Waals surface area (Å²) in [5.41, 5.74) is 3.40. The number of carbonyl (C=O) groups excluding carboxylic acids is 1. The van der Waals surface area contributed by atoms with E-state index in [-0.39, 0.29) is 16.8 Å². The maximum atomic E-state index is 12.0. The first-order chi connectivity index (χ1) is 10.8. The minimum atomic E-state index is -0.507. The number of nitro groups is 1.